The summed E-state index contributed by atoms with van der Waals surface area (Å²) in [5.74, 6) is 2.87. The molecule has 0 fully saturated rings. The van der Waals surface area contributed by atoms with Gasteiger partial charge in [-0.2, -0.15) is 4.98 Å². The fraction of sp³-hybridized carbons (Fsp3) is 0.145. The molecule has 150 heavy (non-hydrogen) atoms. The van der Waals surface area contributed by atoms with E-state index in [0.29, 0.717) is 10.4 Å². The summed E-state index contributed by atoms with van der Waals surface area (Å²) in [6.45, 7) is 5.13. The summed E-state index contributed by atoms with van der Waals surface area (Å²) in [6.07, 6.45) is 20.4. The SMILES string of the molecule is Cc1ccccn1.Clc1nc(Cl)c2c(n1)CCC2.Clc1nc2c(c(N3CCCc4ccccc43)n1)CCC2.[Pd].c1ccc(-c2nc3c(c(N4CCCc5ccccc54)n2)CCC3)nc1.c1ccc(P(c2ccccc2)c2ccccc2)cc1.c1ccc(P(c2ccccc2)c2ccccc2)cc1.c1ccc(P(c2ccccc2)c2ccccc2)cc1.c1ccc(P(c2ccccc2)c2ccccc2)cc1.c1ccc2c(c1)CCCN2. The molecule has 6 aliphatic rings. The van der Waals surface area contributed by atoms with Gasteiger partial charge in [0, 0.05) is 97.6 Å². The van der Waals surface area contributed by atoms with Gasteiger partial charge in [-0.3, -0.25) is 9.97 Å². The van der Waals surface area contributed by atoms with E-state index in [1.165, 1.54) is 127 Å². The van der Waals surface area contributed by atoms with Crippen molar-refractivity contribution in [3.8, 4) is 11.5 Å². The molecule has 0 atom stereocenters. The number of anilines is 5. The van der Waals surface area contributed by atoms with Gasteiger partial charge >= 0.3 is 0 Å². The Kier molecular flexibility index (Phi) is 40.9. The van der Waals surface area contributed by atoms with E-state index in [9.17, 15) is 0 Å². The van der Waals surface area contributed by atoms with E-state index in [2.05, 4.69) is 482 Å². The van der Waals surface area contributed by atoms with Crippen molar-refractivity contribution in [2.75, 3.05) is 34.8 Å². The number of nitrogens with zero attached hydrogens (tertiary/aromatic N) is 10. The fourth-order valence-electron chi connectivity index (χ4n) is 19.3. The summed E-state index contributed by atoms with van der Waals surface area (Å²) in [5.41, 5.74) is 17.2. The molecule has 0 saturated heterocycles. The predicted octanol–water partition coefficient (Wildman–Crippen LogP) is 27.3. The van der Waals surface area contributed by atoms with Gasteiger partial charge in [-0.25, -0.2) is 24.9 Å². The second-order valence-corrected chi connectivity index (χ2v) is 46.2. The van der Waals surface area contributed by atoms with Crippen LogP contribution in [0.2, 0.25) is 15.7 Å². The third kappa shape index (κ3) is 29.6. The molecule has 0 radical (unpaired) electrons. The van der Waals surface area contributed by atoms with Crippen LogP contribution < -0.4 is 78.8 Å². The molecule has 3 aliphatic carbocycles. The standard InChI is InChI=1S/C21H20N4.4C18H15P.C16H16ClN3.C9H11N.C7H6Cl2N2.C6H7N.Pd/c1-2-12-19-15(7-1)8-6-14-25(19)21-16-9-5-11-17(16)23-20(24-21)18-10-3-4-13-22-18;4*1-4-10-16(11-5-1)19(17-12-6-2-7-13-17)18-14-8-3-9-15-18;17-16-18-13-8-3-7-12(13)15(19-16)20-10-4-6-11-5-1-2-9-14(11)20;1-2-6-9-8(4-1)5-3-7-10-9;8-6-4-2-1-3-5(4)10-7(9)11-6;1-6-4-2-3-5-7-6;/h1-4,7,10,12-13H,5-6,8-9,11,14H2;4*1-15H;1-2,5,9H,3-4,6-8,10H2;1-2,4,6,10H,3,5,7H2;1-3H2;2-5H,1H3;. The Morgan fingerprint density at radius 3 is 0.840 bits per heavy atom. The molecule has 750 valence electrons. The molecule has 20 aromatic rings. The van der Waals surface area contributed by atoms with Crippen molar-refractivity contribution in [1.29, 1.82) is 0 Å². The maximum absolute atomic E-state index is 6.13. The number of pyridine rings is 2. The second kappa shape index (κ2) is 56.9. The second-order valence-electron chi connectivity index (χ2n) is 36.3. The van der Waals surface area contributed by atoms with Gasteiger partial charge in [0.1, 0.15) is 22.5 Å². The van der Waals surface area contributed by atoms with Crippen molar-refractivity contribution in [3.05, 3.63) is 557 Å². The first-order valence-electron chi connectivity index (χ1n) is 51.4. The molecule has 0 spiro atoms. The van der Waals surface area contributed by atoms with E-state index in [0.717, 1.165) is 149 Å². The molecule has 11 nitrogen and oxygen atoms in total. The monoisotopic (exact) mass is 2180 g/mol. The van der Waals surface area contributed by atoms with Crippen LogP contribution in [0.5, 0.6) is 0 Å². The number of hydrogen-bond acceptors (Lipinski definition) is 11. The Labute approximate surface area is 918 Å². The van der Waals surface area contributed by atoms with Gasteiger partial charge < -0.3 is 15.1 Å². The van der Waals surface area contributed by atoms with Crippen LogP contribution >= 0.6 is 66.5 Å². The third-order valence-corrected chi connectivity index (χ3v) is 36.6. The first kappa shape index (κ1) is 108. The van der Waals surface area contributed by atoms with Crippen molar-refractivity contribution >= 4 is 159 Å². The van der Waals surface area contributed by atoms with Crippen LogP contribution in [-0.4, -0.2) is 59.5 Å². The Balaban J connectivity index is 0.000000117. The molecule has 0 amide bonds. The van der Waals surface area contributed by atoms with Gasteiger partial charge in [-0.15, -0.1) is 0 Å². The number of benzene rings is 15. The largest absolute Gasteiger partial charge is 0.385 e. The van der Waals surface area contributed by atoms with Crippen molar-refractivity contribution < 1.29 is 20.4 Å². The van der Waals surface area contributed by atoms with Crippen LogP contribution in [0.15, 0.2) is 486 Å². The zero-order chi connectivity index (χ0) is 102. The summed E-state index contributed by atoms with van der Waals surface area (Å²) in [7, 11) is -1.78. The van der Waals surface area contributed by atoms with E-state index in [-0.39, 0.29) is 25.7 Å². The van der Waals surface area contributed by atoms with Gasteiger partial charge in [0.2, 0.25) is 10.6 Å². The van der Waals surface area contributed by atoms with Gasteiger partial charge in [-0.1, -0.05) is 442 Å². The molecule has 8 heterocycles. The number of nitrogens with one attached hydrogen (secondary N) is 1. The number of aromatic nitrogens is 8. The van der Waals surface area contributed by atoms with Crippen LogP contribution in [0.3, 0.4) is 0 Å². The minimum absolute atomic E-state index is 0. The Hall–Kier alpha value is -13.5. The summed E-state index contributed by atoms with van der Waals surface area (Å²) in [5, 5.41) is 21.3. The van der Waals surface area contributed by atoms with Crippen LogP contribution in [0.25, 0.3) is 11.5 Å². The number of aryl methyl sites for hydroxylation is 7. The molecule has 0 unspecified atom stereocenters. The Morgan fingerprint density at radius 1 is 0.240 bits per heavy atom. The van der Waals surface area contributed by atoms with Gasteiger partial charge in [-0.05, 0) is 281 Å². The van der Waals surface area contributed by atoms with Crippen LogP contribution in [-0.2, 0) is 78.2 Å². The maximum Gasteiger partial charge on any atom is 0.224 e. The maximum atomic E-state index is 6.13. The van der Waals surface area contributed by atoms with Crippen LogP contribution in [0.4, 0.5) is 28.7 Å². The number of hydrogen-bond donors (Lipinski definition) is 1. The molecule has 0 bridgehead atoms. The average Bonchev–Trinajstić information content (AvgIpc) is 1.82. The molecule has 3 aliphatic heterocycles. The van der Waals surface area contributed by atoms with Crippen LogP contribution in [0.1, 0.15) is 94.7 Å². The van der Waals surface area contributed by atoms with E-state index < -0.39 is 31.7 Å². The van der Waals surface area contributed by atoms with Crippen LogP contribution in [0, 0.1) is 6.92 Å². The summed E-state index contributed by atoms with van der Waals surface area (Å²) < 4.78 is 0. The first-order valence-corrected chi connectivity index (χ1v) is 57.9. The van der Waals surface area contributed by atoms with Crippen molar-refractivity contribution in [2.45, 2.75) is 103 Å². The number of fused-ring (bicyclic) bond motifs is 6. The van der Waals surface area contributed by atoms with E-state index >= 15 is 0 Å². The molecule has 5 aromatic heterocycles. The Bertz CT molecular complexity index is 6620. The van der Waals surface area contributed by atoms with Gasteiger partial charge in [0.05, 0.1) is 11.4 Å². The minimum Gasteiger partial charge on any atom is -0.385 e. The zero-order valence-electron chi connectivity index (χ0n) is 84.1. The van der Waals surface area contributed by atoms with E-state index in [1.54, 1.807) is 6.20 Å². The summed E-state index contributed by atoms with van der Waals surface area (Å²) >= 11 is 17.6. The van der Waals surface area contributed by atoms with Crippen molar-refractivity contribution in [3.63, 3.8) is 0 Å². The third-order valence-electron chi connectivity index (χ3n) is 26.2. The Morgan fingerprint density at radius 2 is 0.520 bits per heavy atom. The minimum atomic E-state index is -0.446. The molecule has 1 N–H and O–H groups in total. The summed E-state index contributed by atoms with van der Waals surface area (Å²) in [4.78, 5) is 39.9. The fourth-order valence-corrected chi connectivity index (χ4v) is 29.2. The molecule has 19 heteroatoms. The van der Waals surface area contributed by atoms with E-state index in [4.69, 9.17) is 44.8 Å². The first-order chi connectivity index (χ1) is 73.7. The smallest absolute Gasteiger partial charge is 0.224 e. The molecule has 0 saturated carbocycles. The number of para-hydroxylation sites is 3. The normalized spacial score (nSPS) is 12.8. The van der Waals surface area contributed by atoms with Gasteiger partial charge in [0.25, 0.3) is 0 Å². The van der Waals surface area contributed by atoms with Crippen molar-refractivity contribution in [2.24, 2.45) is 0 Å². The van der Waals surface area contributed by atoms with Crippen molar-refractivity contribution in [1.82, 2.24) is 39.9 Å². The molecular formula is C131H120Cl3N11P4Pd. The predicted molar refractivity (Wildman–Crippen MR) is 637 cm³/mol. The van der Waals surface area contributed by atoms with Gasteiger partial charge in [0.15, 0.2) is 5.82 Å². The number of halogens is 3. The molecule has 26 rings (SSSR count). The number of rotatable bonds is 15. The summed E-state index contributed by atoms with van der Waals surface area (Å²) in [6, 6.07) is 167. The van der Waals surface area contributed by atoms with E-state index in [1.807, 2.05) is 49.5 Å². The topological polar surface area (TPSA) is 122 Å². The molecule has 15 aromatic carbocycles. The zero-order valence-corrected chi connectivity index (χ0v) is 91.5. The molecular weight excluding hydrogens is 2060 g/mol. The average molecular weight is 2190 g/mol. The quantitative estimate of drug-likeness (QED) is 0.0457.